The van der Waals surface area contributed by atoms with Gasteiger partial charge in [-0.2, -0.15) is 0 Å². The quantitative estimate of drug-likeness (QED) is 0.515. The molecule has 0 saturated heterocycles. The highest BCUT2D eigenvalue weighted by Crippen LogP contribution is 2.35. The molecule has 0 saturated carbocycles. The number of rotatable bonds is 3. The molecule has 0 spiro atoms. The van der Waals surface area contributed by atoms with E-state index in [9.17, 15) is 14.9 Å². The lowest BCUT2D eigenvalue weighted by molar-refractivity contribution is -0.385. The average Bonchev–Trinajstić information content (AvgIpc) is 2.42. The minimum atomic E-state index is -0.486. The van der Waals surface area contributed by atoms with Crippen LogP contribution in [0.15, 0.2) is 24.5 Å². The van der Waals surface area contributed by atoms with Crippen LogP contribution in [0.2, 0.25) is 0 Å². The minimum Gasteiger partial charge on any atom is -0.460 e. The van der Waals surface area contributed by atoms with E-state index < -0.39 is 17.1 Å². The first-order valence-electron chi connectivity index (χ1n) is 6.62. The molecule has 21 heavy (non-hydrogen) atoms. The Morgan fingerprint density at radius 3 is 2.86 bits per heavy atom. The number of ether oxygens (including phenoxy) is 1. The van der Waals surface area contributed by atoms with Crippen molar-refractivity contribution in [2.75, 3.05) is 0 Å². The SMILES string of the molecule is CC(=O)O[C@H]1[C@H](C)CC(c2ccncc2[N+](=O)[O-])=C[C@@H]1N. The molecule has 1 heterocycles. The normalized spacial score (nSPS) is 25.1. The minimum absolute atomic E-state index is 0.0170. The molecule has 1 aromatic rings. The fourth-order valence-electron chi connectivity index (χ4n) is 2.63. The number of carbonyl (C=O) groups excluding carboxylic acids is 1. The molecule has 0 fully saturated rings. The number of hydrogen-bond acceptors (Lipinski definition) is 6. The second kappa shape index (κ2) is 6.01. The molecule has 112 valence electrons. The van der Waals surface area contributed by atoms with Crippen molar-refractivity contribution in [2.45, 2.75) is 32.4 Å². The first kappa shape index (κ1) is 15.1. The van der Waals surface area contributed by atoms with E-state index in [1.165, 1.54) is 19.3 Å². The topological polar surface area (TPSA) is 108 Å². The van der Waals surface area contributed by atoms with Gasteiger partial charge in [-0.25, -0.2) is 0 Å². The predicted molar refractivity (Wildman–Crippen MR) is 76.2 cm³/mol. The lowest BCUT2D eigenvalue weighted by Gasteiger charge is -2.32. The maximum absolute atomic E-state index is 11.1. The van der Waals surface area contributed by atoms with Crippen LogP contribution in [0.4, 0.5) is 5.69 Å². The van der Waals surface area contributed by atoms with Crippen LogP contribution in [0.5, 0.6) is 0 Å². The van der Waals surface area contributed by atoms with Crippen molar-refractivity contribution in [3.8, 4) is 0 Å². The molecule has 1 aliphatic carbocycles. The van der Waals surface area contributed by atoms with Gasteiger partial charge in [0.1, 0.15) is 12.3 Å². The van der Waals surface area contributed by atoms with Crippen molar-refractivity contribution in [3.63, 3.8) is 0 Å². The Hall–Kier alpha value is -2.28. The zero-order chi connectivity index (χ0) is 15.6. The van der Waals surface area contributed by atoms with Crippen LogP contribution in [0.1, 0.15) is 25.8 Å². The van der Waals surface area contributed by atoms with Gasteiger partial charge >= 0.3 is 5.97 Å². The maximum atomic E-state index is 11.1. The molecule has 0 amide bonds. The molecule has 7 heteroatoms. The van der Waals surface area contributed by atoms with Crippen molar-refractivity contribution in [1.82, 2.24) is 4.98 Å². The molecule has 0 bridgehead atoms. The largest absolute Gasteiger partial charge is 0.460 e. The third-order valence-electron chi connectivity index (χ3n) is 3.52. The third kappa shape index (κ3) is 3.25. The standard InChI is InChI=1S/C14H17N3O4/c1-8-5-10(6-12(15)14(8)21-9(2)18)11-3-4-16-7-13(11)17(19)20/h3-4,6-8,12,14H,5,15H2,1-2H3/t8-,12+,14+/m1/s1. The van der Waals surface area contributed by atoms with Gasteiger partial charge in [0.2, 0.25) is 0 Å². The first-order valence-corrected chi connectivity index (χ1v) is 6.62. The van der Waals surface area contributed by atoms with E-state index >= 15 is 0 Å². The van der Waals surface area contributed by atoms with Crippen molar-refractivity contribution in [3.05, 3.63) is 40.2 Å². The van der Waals surface area contributed by atoms with Gasteiger partial charge in [-0.1, -0.05) is 13.0 Å². The molecule has 1 aromatic heterocycles. The zero-order valence-electron chi connectivity index (χ0n) is 11.9. The average molecular weight is 291 g/mol. The molecule has 2 N–H and O–H groups in total. The summed E-state index contributed by atoms with van der Waals surface area (Å²) in [7, 11) is 0. The molecule has 2 rings (SSSR count). The summed E-state index contributed by atoms with van der Waals surface area (Å²) >= 11 is 0. The highest BCUT2D eigenvalue weighted by molar-refractivity contribution is 5.74. The van der Waals surface area contributed by atoms with Gasteiger partial charge in [0.05, 0.1) is 16.5 Å². The van der Waals surface area contributed by atoms with Gasteiger partial charge in [-0.3, -0.25) is 19.9 Å². The van der Waals surface area contributed by atoms with Crippen LogP contribution in [0.25, 0.3) is 5.57 Å². The summed E-state index contributed by atoms with van der Waals surface area (Å²) in [5, 5.41) is 11.1. The highest BCUT2D eigenvalue weighted by atomic mass is 16.6. The van der Waals surface area contributed by atoms with Crippen LogP contribution in [0, 0.1) is 16.0 Å². The van der Waals surface area contributed by atoms with E-state index in [0.29, 0.717) is 12.0 Å². The number of nitrogens with zero attached hydrogens (tertiary/aromatic N) is 2. The molecule has 0 aromatic carbocycles. The van der Waals surface area contributed by atoms with Gasteiger partial charge in [-0.05, 0) is 24.0 Å². The summed E-state index contributed by atoms with van der Waals surface area (Å²) in [5.41, 5.74) is 7.28. The number of pyridine rings is 1. The smallest absolute Gasteiger partial charge is 0.302 e. The van der Waals surface area contributed by atoms with Crippen molar-refractivity contribution in [2.24, 2.45) is 11.7 Å². The summed E-state index contributed by atoms with van der Waals surface area (Å²) in [5.74, 6) is -0.397. The second-order valence-electron chi connectivity index (χ2n) is 5.17. The Morgan fingerprint density at radius 1 is 1.57 bits per heavy atom. The molecular formula is C14H17N3O4. The Bertz CT molecular complexity index is 600. The van der Waals surface area contributed by atoms with Gasteiger partial charge in [0.25, 0.3) is 5.69 Å². The first-order chi connectivity index (χ1) is 9.90. The van der Waals surface area contributed by atoms with Crippen molar-refractivity contribution < 1.29 is 14.5 Å². The van der Waals surface area contributed by atoms with E-state index in [1.54, 1.807) is 12.1 Å². The van der Waals surface area contributed by atoms with Gasteiger partial charge < -0.3 is 10.5 Å². The van der Waals surface area contributed by atoms with Gasteiger partial charge in [0.15, 0.2) is 0 Å². The van der Waals surface area contributed by atoms with E-state index in [4.69, 9.17) is 10.5 Å². The molecule has 0 aliphatic heterocycles. The summed E-state index contributed by atoms with van der Waals surface area (Å²) in [6, 6.07) is 1.12. The lowest BCUT2D eigenvalue weighted by atomic mass is 9.82. The van der Waals surface area contributed by atoms with E-state index in [0.717, 1.165) is 5.57 Å². The molecule has 3 atom stereocenters. The summed E-state index contributed by atoms with van der Waals surface area (Å²) in [4.78, 5) is 25.5. The van der Waals surface area contributed by atoms with Crippen LogP contribution < -0.4 is 5.73 Å². The number of aromatic nitrogens is 1. The predicted octanol–water partition coefficient (Wildman–Crippen LogP) is 1.67. The monoisotopic (exact) mass is 291 g/mol. The Morgan fingerprint density at radius 2 is 2.29 bits per heavy atom. The number of allylic oxidation sites excluding steroid dienone is 1. The van der Waals surface area contributed by atoms with E-state index in [1.807, 2.05) is 6.92 Å². The van der Waals surface area contributed by atoms with Crippen molar-refractivity contribution >= 4 is 17.2 Å². The maximum Gasteiger partial charge on any atom is 0.302 e. The zero-order valence-corrected chi connectivity index (χ0v) is 11.9. The van der Waals surface area contributed by atoms with E-state index in [-0.39, 0.29) is 17.6 Å². The van der Waals surface area contributed by atoms with Crippen LogP contribution in [-0.4, -0.2) is 28.0 Å². The Kier molecular flexibility index (Phi) is 4.32. The number of nitro groups is 1. The summed E-state index contributed by atoms with van der Waals surface area (Å²) in [6.45, 7) is 3.25. The number of nitrogens with two attached hydrogens (primary N) is 1. The van der Waals surface area contributed by atoms with Gasteiger partial charge in [-0.15, -0.1) is 0 Å². The summed E-state index contributed by atoms with van der Waals surface area (Å²) in [6.07, 6.45) is 4.61. The number of esters is 1. The molecular weight excluding hydrogens is 274 g/mol. The highest BCUT2D eigenvalue weighted by Gasteiger charge is 2.33. The molecule has 0 radical (unpaired) electrons. The van der Waals surface area contributed by atoms with Gasteiger partial charge in [0, 0.05) is 13.1 Å². The summed E-state index contributed by atoms with van der Waals surface area (Å²) < 4.78 is 5.22. The van der Waals surface area contributed by atoms with Crippen LogP contribution in [0.3, 0.4) is 0 Å². The fraction of sp³-hybridized carbons (Fsp3) is 0.429. The number of carbonyl (C=O) groups is 1. The third-order valence-corrected chi connectivity index (χ3v) is 3.52. The Balaban J connectivity index is 2.35. The second-order valence-corrected chi connectivity index (χ2v) is 5.17. The number of hydrogen-bond donors (Lipinski definition) is 1. The van der Waals surface area contributed by atoms with Crippen molar-refractivity contribution in [1.29, 1.82) is 0 Å². The Labute approximate surface area is 122 Å². The van der Waals surface area contributed by atoms with Crippen LogP contribution in [-0.2, 0) is 9.53 Å². The molecule has 0 unspecified atom stereocenters. The molecule has 7 nitrogen and oxygen atoms in total. The fourth-order valence-corrected chi connectivity index (χ4v) is 2.63. The molecule has 1 aliphatic rings. The lowest BCUT2D eigenvalue weighted by Crippen LogP contribution is -2.43. The van der Waals surface area contributed by atoms with Crippen LogP contribution >= 0.6 is 0 Å². The van der Waals surface area contributed by atoms with E-state index in [2.05, 4.69) is 4.98 Å².